The summed E-state index contributed by atoms with van der Waals surface area (Å²) in [5.74, 6) is -1.29. The van der Waals surface area contributed by atoms with Gasteiger partial charge in [0, 0.05) is 20.2 Å². The molecule has 0 aromatic heterocycles. The van der Waals surface area contributed by atoms with Crippen molar-refractivity contribution >= 4 is 12.0 Å². The molecular formula is C11H19F3N2O4. The molecule has 20 heavy (non-hydrogen) atoms. The first-order valence-corrected chi connectivity index (χ1v) is 6.02. The van der Waals surface area contributed by atoms with E-state index in [9.17, 15) is 22.8 Å². The van der Waals surface area contributed by atoms with Crippen LogP contribution in [0.4, 0.5) is 18.0 Å². The number of urea groups is 1. The molecule has 0 atom stereocenters. The molecule has 118 valence electrons. The first-order valence-electron chi connectivity index (χ1n) is 6.02. The molecule has 0 unspecified atom stereocenters. The molecule has 6 nitrogen and oxygen atoms in total. The van der Waals surface area contributed by atoms with E-state index in [1.807, 2.05) is 0 Å². The fraction of sp³-hybridized carbons (Fsp3) is 0.818. The summed E-state index contributed by atoms with van der Waals surface area (Å²) in [5, 5.41) is 8.70. The van der Waals surface area contributed by atoms with Crippen molar-refractivity contribution in [2.75, 3.05) is 39.9 Å². The van der Waals surface area contributed by atoms with Crippen LogP contribution in [0.3, 0.4) is 0 Å². The SMILES string of the molecule is CCCN(CC(F)(F)F)C(=O)N(CCOC)CC(=O)O. The van der Waals surface area contributed by atoms with Crippen molar-refractivity contribution in [3.05, 3.63) is 0 Å². The molecule has 0 aliphatic rings. The fourth-order valence-electron chi connectivity index (χ4n) is 1.54. The monoisotopic (exact) mass is 300 g/mol. The first-order chi connectivity index (χ1) is 9.21. The van der Waals surface area contributed by atoms with Crippen LogP contribution in [0.5, 0.6) is 0 Å². The van der Waals surface area contributed by atoms with Gasteiger partial charge in [-0.05, 0) is 6.42 Å². The largest absolute Gasteiger partial charge is 0.480 e. The molecule has 0 aliphatic carbocycles. The number of carbonyl (C=O) groups is 2. The van der Waals surface area contributed by atoms with Crippen molar-refractivity contribution < 1.29 is 32.6 Å². The Labute approximate surface area is 115 Å². The lowest BCUT2D eigenvalue weighted by Crippen LogP contribution is -2.49. The number of amides is 2. The van der Waals surface area contributed by atoms with Crippen LogP contribution in [0.2, 0.25) is 0 Å². The number of methoxy groups -OCH3 is 1. The minimum absolute atomic E-state index is 0.0466. The van der Waals surface area contributed by atoms with Gasteiger partial charge >= 0.3 is 18.2 Å². The smallest absolute Gasteiger partial charge is 0.406 e. The molecule has 2 amide bonds. The maximum atomic E-state index is 12.4. The summed E-state index contributed by atoms with van der Waals surface area (Å²) in [6.45, 7) is -0.567. The van der Waals surface area contributed by atoms with Gasteiger partial charge in [0.05, 0.1) is 6.61 Å². The number of halogens is 3. The molecule has 0 aromatic rings. The van der Waals surface area contributed by atoms with Crippen molar-refractivity contribution in [1.29, 1.82) is 0 Å². The molecule has 0 radical (unpaired) electrons. The van der Waals surface area contributed by atoms with Crippen LogP contribution in [0.1, 0.15) is 13.3 Å². The normalized spacial score (nSPS) is 11.2. The van der Waals surface area contributed by atoms with Crippen molar-refractivity contribution in [2.45, 2.75) is 19.5 Å². The number of carboxylic acids is 1. The average molecular weight is 300 g/mol. The van der Waals surface area contributed by atoms with Gasteiger partial charge in [0.15, 0.2) is 0 Å². The maximum Gasteiger partial charge on any atom is 0.406 e. The molecule has 0 rings (SSSR count). The van der Waals surface area contributed by atoms with Crippen LogP contribution >= 0.6 is 0 Å². The number of hydrogen-bond acceptors (Lipinski definition) is 3. The highest BCUT2D eigenvalue weighted by molar-refractivity contribution is 5.80. The predicted octanol–water partition coefficient (Wildman–Crippen LogP) is 1.41. The number of ether oxygens (including phenoxy) is 1. The van der Waals surface area contributed by atoms with Gasteiger partial charge in [0.25, 0.3) is 0 Å². The lowest BCUT2D eigenvalue weighted by molar-refractivity contribution is -0.142. The zero-order valence-corrected chi connectivity index (χ0v) is 11.4. The Kier molecular flexibility index (Phi) is 7.97. The Bertz CT molecular complexity index is 323. The second-order valence-corrected chi connectivity index (χ2v) is 4.13. The van der Waals surface area contributed by atoms with Gasteiger partial charge in [-0.2, -0.15) is 13.2 Å². The Morgan fingerprint density at radius 3 is 2.20 bits per heavy atom. The van der Waals surface area contributed by atoms with Crippen LogP contribution < -0.4 is 0 Å². The van der Waals surface area contributed by atoms with Crippen molar-refractivity contribution in [1.82, 2.24) is 9.80 Å². The summed E-state index contributed by atoms with van der Waals surface area (Å²) in [7, 11) is 1.35. The molecular weight excluding hydrogens is 281 g/mol. The van der Waals surface area contributed by atoms with Crippen LogP contribution in [0.25, 0.3) is 0 Å². The molecule has 0 aliphatic heterocycles. The third kappa shape index (κ3) is 7.82. The number of carbonyl (C=O) groups excluding carboxylic acids is 1. The van der Waals surface area contributed by atoms with Crippen LogP contribution in [0.15, 0.2) is 0 Å². The highest BCUT2D eigenvalue weighted by atomic mass is 19.4. The summed E-state index contributed by atoms with van der Waals surface area (Å²) in [6.07, 6.45) is -4.19. The topological polar surface area (TPSA) is 70.1 Å². The third-order valence-electron chi connectivity index (χ3n) is 2.30. The quantitative estimate of drug-likeness (QED) is 0.736. The second-order valence-electron chi connectivity index (χ2n) is 4.13. The van der Waals surface area contributed by atoms with Crippen LogP contribution in [0, 0.1) is 0 Å². The molecule has 0 heterocycles. The van der Waals surface area contributed by atoms with E-state index >= 15 is 0 Å². The molecule has 0 saturated carbocycles. The summed E-state index contributed by atoms with van der Waals surface area (Å²) in [6, 6.07) is -0.955. The average Bonchev–Trinajstić information content (AvgIpc) is 2.31. The first kappa shape index (κ1) is 18.5. The molecule has 0 saturated heterocycles. The van der Waals surface area contributed by atoms with Gasteiger partial charge in [-0.15, -0.1) is 0 Å². The Hall–Kier alpha value is -1.51. The van der Waals surface area contributed by atoms with Crippen molar-refractivity contribution in [3.63, 3.8) is 0 Å². The van der Waals surface area contributed by atoms with Gasteiger partial charge < -0.3 is 19.6 Å². The Morgan fingerprint density at radius 2 is 1.80 bits per heavy atom. The molecule has 0 fully saturated rings. The molecule has 0 bridgehead atoms. The standard InChI is InChI=1S/C11H19F3N2O4/c1-3-4-16(8-11(12,13)14)10(19)15(5-6-20-2)7-9(17)18/h3-8H2,1-2H3,(H,17,18). The van der Waals surface area contributed by atoms with E-state index in [2.05, 4.69) is 0 Å². The van der Waals surface area contributed by atoms with Gasteiger partial charge in [0.2, 0.25) is 0 Å². The summed E-state index contributed by atoms with van der Waals surface area (Å²) >= 11 is 0. The maximum absolute atomic E-state index is 12.4. The summed E-state index contributed by atoms with van der Waals surface area (Å²) in [5.41, 5.74) is 0. The van der Waals surface area contributed by atoms with E-state index < -0.39 is 31.3 Å². The lowest BCUT2D eigenvalue weighted by atomic mass is 10.4. The number of hydrogen-bond donors (Lipinski definition) is 1. The lowest BCUT2D eigenvalue weighted by Gasteiger charge is -2.30. The third-order valence-corrected chi connectivity index (χ3v) is 2.30. The van der Waals surface area contributed by atoms with Crippen LogP contribution in [-0.2, 0) is 9.53 Å². The van der Waals surface area contributed by atoms with E-state index in [4.69, 9.17) is 9.84 Å². The predicted molar refractivity (Wildman–Crippen MR) is 64.4 cm³/mol. The Balaban J connectivity index is 4.88. The van der Waals surface area contributed by atoms with E-state index in [0.29, 0.717) is 11.3 Å². The highest BCUT2D eigenvalue weighted by Gasteiger charge is 2.34. The van der Waals surface area contributed by atoms with Crippen LogP contribution in [-0.4, -0.2) is 73.0 Å². The van der Waals surface area contributed by atoms with E-state index in [-0.39, 0.29) is 19.7 Å². The number of alkyl halides is 3. The van der Waals surface area contributed by atoms with Gasteiger partial charge in [-0.3, -0.25) is 4.79 Å². The minimum Gasteiger partial charge on any atom is -0.480 e. The second kappa shape index (κ2) is 8.62. The fourth-order valence-corrected chi connectivity index (χ4v) is 1.54. The van der Waals surface area contributed by atoms with E-state index in [1.165, 1.54) is 7.11 Å². The summed E-state index contributed by atoms with van der Waals surface area (Å²) in [4.78, 5) is 24.1. The van der Waals surface area contributed by atoms with Crippen molar-refractivity contribution in [2.24, 2.45) is 0 Å². The van der Waals surface area contributed by atoms with Gasteiger partial charge in [0.1, 0.15) is 13.1 Å². The number of carboxylic acid groups (broad SMARTS) is 1. The van der Waals surface area contributed by atoms with Gasteiger partial charge in [-0.25, -0.2) is 4.79 Å². The number of aliphatic carboxylic acids is 1. The van der Waals surface area contributed by atoms with E-state index in [0.717, 1.165) is 4.90 Å². The number of rotatable bonds is 8. The zero-order valence-electron chi connectivity index (χ0n) is 11.4. The molecule has 9 heteroatoms. The molecule has 0 aromatic carbocycles. The van der Waals surface area contributed by atoms with Gasteiger partial charge in [-0.1, -0.05) is 6.92 Å². The molecule has 0 spiro atoms. The molecule has 1 N–H and O–H groups in total. The Morgan fingerprint density at radius 1 is 1.20 bits per heavy atom. The van der Waals surface area contributed by atoms with E-state index in [1.54, 1.807) is 6.92 Å². The minimum atomic E-state index is -4.53. The zero-order chi connectivity index (χ0) is 15.8. The summed E-state index contributed by atoms with van der Waals surface area (Å²) < 4.78 is 42.0. The highest BCUT2D eigenvalue weighted by Crippen LogP contribution is 2.17. The van der Waals surface area contributed by atoms with Crippen molar-refractivity contribution in [3.8, 4) is 0 Å². The number of nitrogens with zero attached hydrogens (tertiary/aromatic N) is 2.